The van der Waals surface area contributed by atoms with Crippen LogP contribution in [0.1, 0.15) is 16.8 Å². The lowest BCUT2D eigenvalue weighted by Crippen LogP contribution is -2.44. The number of nitrogens with zero attached hydrogens (tertiary/aromatic N) is 1. The van der Waals surface area contributed by atoms with Gasteiger partial charge in [0.15, 0.2) is 6.10 Å². The van der Waals surface area contributed by atoms with Gasteiger partial charge >= 0.3 is 5.97 Å². The number of nitrogens with one attached hydrogen (secondary N) is 1. The van der Waals surface area contributed by atoms with Crippen LogP contribution >= 0.6 is 0 Å². The van der Waals surface area contributed by atoms with Crippen molar-refractivity contribution >= 4 is 22.8 Å². The first-order chi connectivity index (χ1) is 10.1. The highest BCUT2D eigenvalue weighted by Crippen LogP contribution is 2.21. The highest BCUT2D eigenvalue weighted by Gasteiger charge is 2.35. The number of aliphatic carboxylic acids is 1. The molecule has 110 valence electrons. The van der Waals surface area contributed by atoms with Gasteiger partial charge in [-0.25, -0.2) is 4.79 Å². The van der Waals surface area contributed by atoms with Gasteiger partial charge in [0.2, 0.25) is 0 Å². The summed E-state index contributed by atoms with van der Waals surface area (Å²) in [5, 5.41) is 12.7. The van der Waals surface area contributed by atoms with Crippen LogP contribution in [-0.2, 0) is 16.6 Å². The molecule has 1 saturated heterocycles. The minimum Gasteiger partial charge on any atom is -0.479 e. The van der Waals surface area contributed by atoms with Crippen LogP contribution in [0.2, 0.25) is 0 Å². The summed E-state index contributed by atoms with van der Waals surface area (Å²) in [7, 11) is 1.87. The Hall–Kier alpha value is -2.34. The van der Waals surface area contributed by atoms with Gasteiger partial charge in [-0.2, -0.15) is 0 Å². The number of rotatable bonds is 3. The van der Waals surface area contributed by atoms with Gasteiger partial charge in [-0.3, -0.25) is 4.79 Å². The van der Waals surface area contributed by atoms with Gasteiger partial charge in [-0.1, -0.05) is 18.2 Å². The predicted octanol–water partition coefficient (Wildman–Crippen LogP) is 1.15. The topological polar surface area (TPSA) is 80.6 Å². The lowest BCUT2D eigenvalue weighted by molar-refractivity contribution is -0.148. The lowest BCUT2D eigenvalue weighted by atomic mass is 10.1. The van der Waals surface area contributed by atoms with Crippen LogP contribution in [0.25, 0.3) is 10.9 Å². The molecule has 1 aliphatic heterocycles. The molecule has 1 fully saturated rings. The van der Waals surface area contributed by atoms with Crippen molar-refractivity contribution in [1.29, 1.82) is 0 Å². The fourth-order valence-corrected chi connectivity index (χ4v) is 2.75. The first-order valence-electron chi connectivity index (χ1n) is 6.77. The first kappa shape index (κ1) is 13.6. The number of carboxylic acids is 1. The summed E-state index contributed by atoms with van der Waals surface area (Å²) in [5.74, 6) is -1.32. The molecular formula is C15H16N2O4. The normalized spacial score (nSPS) is 21.6. The van der Waals surface area contributed by atoms with Crippen LogP contribution in [-0.4, -0.2) is 40.3 Å². The number of hydrogen-bond acceptors (Lipinski definition) is 3. The van der Waals surface area contributed by atoms with E-state index in [1.165, 1.54) is 0 Å². The Bertz CT molecular complexity index is 707. The van der Waals surface area contributed by atoms with Gasteiger partial charge in [0.25, 0.3) is 5.91 Å². The van der Waals surface area contributed by atoms with E-state index in [1.807, 2.05) is 35.9 Å². The fourth-order valence-electron chi connectivity index (χ4n) is 2.75. The molecule has 0 unspecified atom stereocenters. The molecule has 3 rings (SSSR count). The zero-order chi connectivity index (χ0) is 15.0. The summed E-state index contributed by atoms with van der Waals surface area (Å²) in [6, 6.07) is 7.11. The van der Waals surface area contributed by atoms with Gasteiger partial charge in [-0.05, 0) is 12.5 Å². The summed E-state index contributed by atoms with van der Waals surface area (Å²) in [6.45, 7) is 0.345. The molecule has 6 nitrogen and oxygen atoms in total. The number of ether oxygens (including phenoxy) is 1. The highest BCUT2D eigenvalue weighted by atomic mass is 16.5. The third-order valence-corrected chi connectivity index (χ3v) is 3.79. The number of carbonyl (C=O) groups excluding carboxylic acids is 1. The second-order valence-electron chi connectivity index (χ2n) is 5.17. The maximum absolute atomic E-state index is 12.4. The number of aromatic nitrogens is 1. The third-order valence-electron chi connectivity index (χ3n) is 3.79. The van der Waals surface area contributed by atoms with Crippen LogP contribution in [0.15, 0.2) is 30.5 Å². The number of fused-ring (bicyclic) bond motifs is 1. The number of carbonyl (C=O) groups is 2. The van der Waals surface area contributed by atoms with E-state index in [-0.39, 0.29) is 5.91 Å². The van der Waals surface area contributed by atoms with Crippen molar-refractivity contribution in [3.63, 3.8) is 0 Å². The van der Waals surface area contributed by atoms with Crippen molar-refractivity contribution in [3.05, 3.63) is 36.0 Å². The minimum absolute atomic E-state index is 0.270. The molecule has 0 saturated carbocycles. The fraction of sp³-hybridized carbons (Fsp3) is 0.333. The molecule has 1 amide bonds. The molecule has 2 heterocycles. The molecule has 1 aliphatic rings. The lowest BCUT2D eigenvalue weighted by Gasteiger charge is -2.15. The molecule has 2 aromatic rings. The number of para-hydroxylation sites is 1. The number of amides is 1. The second kappa shape index (κ2) is 5.21. The van der Waals surface area contributed by atoms with Gasteiger partial charge in [0.1, 0.15) is 0 Å². The summed E-state index contributed by atoms with van der Waals surface area (Å²) in [4.78, 5) is 23.5. The van der Waals surface area contributed by atoms with Crippen molar-refractivity contribution in [2.24, 2.45) is 7.05 Å². The number of aryl methyl sites for hydroxylation is 1. The largest absolute Gasteiger partial charge is 0.479 e. The van der Waals surface area contributed by atoms with Crippen LogP contribution in [0, 0.1) is 0 Å². The first-order valence-corrected chi connectivity index (χ1v) is 6.77. The standard InChI is InChI=1S/C15H16N2O4/c1-17-8-10(9-4-2-3-5-12(9)17)14(18)16-11-6-7-21-13(11)15(19)20/h2-5,8,11,13H,6-7H2,1H3,(H,16,18)(H,19,20)/t11-,13+/m1/s1. The van der Waals surface area contributed by atoms with E-state index in [4.69, 9.17) is 9.84 Å². The van der Waals surface area contributed by atoms with Crippen molar-refractivity contribution in [3.8, 4) is 0 Å². The van der Waals surface area contributed by atoms with Crippen LogP contribution in [0.3, 0.4) is 0 Å². The van der Waals surface area contributed by atoms with E-state index in [0.29, 0.717) is 18.6 Å². The molecule has 1 aromatic carbocycles. The molecule has 0 bridgehead atoms. The predicted molar refractivity (Wildman–Crippen MR) is 76.2 cm³/mol. The number of carboxylic acid groups (broad SMARTS) is 1. The van der Waals surface area contributed by atoms with Crippen LogP contribution in [0.4, 0.5) is 0 Å². The zero-order valence-electron chi connectivity index (χ0n) is 11.6. The molecule has 2 N–H and O–H groups in total. The SMILES string of the molecule is Cn1cc(C(=O)N[C@@H]2CCO[C@@H]2C(=O)O)c2ccccc21. The molecular weight excluding hydrogens is 272 g/mol. The Labute approximate surface area is 121 Å². The molecule has 0 radical (unpaired) electrons. The molecule has 2 atom stereocenters. The van der Waals surface area contributed by atoms with E-state index in [0.717, 1.165) is 10.9 Å². The molecule has 6 heteroatoms. The van der Waals surface area contributed by atoms with Gasteiger partial charge in [0.05, 0.1) is 11.6 Å². The summed E-state index contributed by atoms with van der Waals surface area (Å²) >= 11 is 0. The van der Waals surface area contributed by atoms with E-state index < -0.39 is 18.1 Å². The highest BCUT2D eigenvalue weighted by molar-refractivity contribution is 6.07. The Kier molecular flexibility index (Phi) is 3.39. The van der Waals surface area contributed by atoms with E-state index in [1.54, 1.807) is 6.20 Å². The Morgan fingerprint density at radius 1 is 1.38 bits per heavy atom. The number of hydrogen-bond donors (Lipinski definition) is 2. The Morgan fingerprint density at radius 3 is 2.90 bits per heavy atom. The van der Waals surface area contributed by atoms with E-state index in [9.17, 15) is 9.59 Å². The third kappa shape index (κ3) is 2.38. The smallest absolute Gasteiger partial charge is 0.334 e. The molecule has 0 spiro atoms. The van der Waals surface area contributed by atoms with Gasteiger partial charge in [-0.15, -0.1) is 0 Å². The van der Waals surface area contributed by atoms with Crippen LogP contribution in [0.5, 0.6) is 0 Å². The average Bonchev–Trinajstić information content (AvgIpc) is 3.04. The summed E-state index contributed by atoms with van der Waals surface area (Å²) in [6.07, 6.45) is 1.29. The van der Waals surface area contributed by atoms with Crippen molar-refractivity contribution in [2.75, 3.05) is 6.61 Å². The summed E-state index contributed by atoms with van der Waals surface area (Å²) < 4.78 is 7.02. The Balaban J connectivity index is 1.86. The zero-order valence-corrected chi connectivity index (χ0v) is 11.6. The quantitative estimate of drug-likeness (QED) is 0.888. The molecule has 21 heavy (non-hydrogen) atoms. The van der Waals surface area contributed by atoms with Crippen molar-refractivity contribution in [2.45, 2.75) is 18.6 Å². The maximum Gasteiger partial charge on any atom is 0.334 e. The molecule has 1 aromatic heterocycles. The second-order valence-corrected chi connectivity index (χ2v) is 5.17. The van der Waals surface area contributed by atoms with E-state index >= 15 is 0 Å². The maximum atomic E-state index is 12.4. The number of benzene rings is 1. The van der Waals surface area contributed by atoms with Crippen molar-refractivity contribution in [1.82, 2.24) is 9.88 Å². The Morgan fingerprint density at radius 2 is 2.14 bits per heavy atom. The van der Waals surface area contributed by atoms with E-state index in [2.05, 4.69) is 5.32 Å². The monoisotopic (exact) mass is 288 g/mol. The van der Waals surface area contributed by atoms with Gasteiger partial charge in [0, 0.05) is 30.8 Å². The average molecular weight is 288 g/mol. The van der Waals surface area contributed by atoms with Crippen LogP contribution < -0.4 is 5.32 Å². The minimum atomic E-state index is -1.05. The van der Waals surface area contributed by atoms with Crippen molar-refractivity contribution < 1.29 is 19.4 Å². The van der Waals surface area contributed by atoms with Gasteiger partial charge < -0.3 is 19.7 Å². The summed E-state index contributed by atoms with van der Waals surface area (Å²) in [5.41, 5.74) is 1.50. The molecule has 0 aliphatic carbocycles.